The van der Waals surface area contributed by atoms with Gasteiger partial charge in [-0.1, -0.05) is 25.1 Å². The van der Waals surface area contributed by atoms with Gasteiger partial charge in [-0.15, -0.1) is 0 Å². The summed E-state index contributed by atoms with van der Waals surface area (Å²) >= 11 is 0. The first kappa shape index (κ1) is 16.2. The third-order valence-electron chi connectivity index (χ3n) is 3.13. The lowest BCUT2D eigenvalue weighted by atomic mass is 10.1. The first-order valence-electron chi connectivity index (χ1n) is 7.11. The molecule has 0 fully saturated rings. The predicted octanol–water partition coefficient (Wildman–Crippen LogP) is 2.04. The maximum Gasteiger partial charge on any atom is 0.329 e. The van der Waals surface area contributed by atoms with Crippen molar-refractivity contribution < 1.29 is 14.7 Å². The van der Waals surface area contributed by atoms with Gasteiger partial charge in [0.05, 0.1) is 6.21 Å². The summed E-state index contributed by atoms with van der Waals surface area (Å²) in [6.45, 7) is 1.97. The van der Waals surface area contributed by atoms with Crippen molar-refractivity contribution in [2.24, 2.45) is 5.10 Å². The summed E-state index contributed by atoms with van der Waals surface area (Å²) in [6.07, 6.45) is 2.13. The number of nitrogens with one attached hydrogen (secondary N) is 2. The monoisotopic (exact) mass is 311 g/mol. The number of carbonyl (C=O) groups excluding carboxylic acids is 2. The third-order valence-corrected chi connectivity index (χ3v) is 3.13. The molecule has 23 heavy (non-hydrogen) atoms. The number of para-hydroxylation sites is 1. The number of benzene rings is 2. The molecule has 2 rings (SSSR count). The fourth-order valence-electron chi connectivity index (χ4n) is 1.91. The molecule has 6 heteroatoms. The van der Waals surface area contributed by atoms with E-state index in [1.54, 1.807) is 24.3 Å². The van der Waals surface area contributed by atoms with Gasteiger partial charge in [0.1, 0.15) is 5.75 Å². The highest BCUT2D eigenvalue weighted by Crippen LogP contribution is 2.15. The Morgan fingerprint density at radius 3 is 2.48 bits per heavy atom. The number of nitrogens with zero attached hydrogens (tertiary/aromatic N) is 1. The van der Waals surface area contributed by atoms with Gasteiger partial charge in [0, 0.05) is 5.69 Å². The highest BCUT2D eigenvalue weighted by atomic mass is 16.3. The second-order valence-electron chi connectivity index (χ2n) is 4.76. The summed E-state index contributed by atoms with van der Waals surface area (Å²) in [4.78, 5) is 23.6. The number of anilines is 1. The van der Waals surface area contributed by atoms with E-state index in [9.17, 15) is 9.59 Å². The van der Waals surface area contributed by atoms with E-state index >= 15 is 0 Å². The minimum atomic E-state index is -0.856. The van der Waals surface area contributed by atoms with Crippen LogP contribution in [0.3, 0.4) is 0 Å². The molecule has 2 aromatic carbocycles. The number of hydrogen-bond donors (Lipinski definition) is 3. The molecule has 0 aliphatic heterocycles. The van der Waals surface area contributed by atoms with Crippen LogP contribution in [0, 0.1) is 0 Å². The van der Waals surface area contributed by atoms with Crippen molar-refractivity contribution in [3.8, 4) is 5.75 Å². The van der Waals surface area contributed by atoms with E-state index in [1.165, 1.54) is 18.3 Å². The quantitative estimate of drug-likeness (QED) is 0.458. The van der Waals surface area contributed by atoms with Gasteiger partial charge in [0.25, 0.3) is 0 Å². The molecule has 0 radical (unpaired) electrons. The third kappa shape index (κ3) is 4.67. The summed E-state index contributed by atoms with van der Waals surface area (Å²) < 4.78 is 0. The van der Waals surface area contributed by atoms with E-state index in [4.69, 9.17) is 5.11 Å². The molecule has 0 aromatic heterocycles. The number of aryl methyl sites for hydroxylation is 1. The van der Waals surface area contributed by atoms with Gasteiger partial charge in [-0.3, -0.25) is 9.59 Å². The number of amides is 2. The topological polar surface area (TPSA) is 90.8 Å². The normalized spacial score (nSPS) is 10.5. The molecule has 0 heterocycles. The molecule has 0 aliphatic carbocycles. The van der Waals surface area contributed by atoms with Crippen molar-refractivity contribution in [3.05, 3.63) is 59.7 Å². The maximum atomic E-state index is 11.8. The van der Waals surface area contributed by atoms with Crippen LogP contribution in [0.4, 0.5) is 5.69 Å². The Morgan fingerprint density at radius 1 is 1.09 bits per heavy atom. The Hall–Kier alpha value is -3.15. The minimum absolute atomic E-state index is 0.139. The predicted molar refractivity (Wildman–Crippen MR) is 88.3 cm³/mol. The molecule has 0 aliphatic rings. The van der Waals surface area contributed by atoms with Crippen molar-refractivity contribution in [2.45, 2.75) is 13.3 Å². The first-order valence-corrected chi connectivity index (χ1v) is 7.11. The Balaban J connectivity index is 1.92. The number of carbonyl (C=O) groups is 2. The fraction of sp³-hybridized carbons (Fsp3) is 0.118. The van der Waals surface area contributed by atoms with Crippen LogP contribution in [0.2, 0.25) is 0 Å². The number of hydrazone groups is 1. The van der Waals surface area contributed by atoms with Crippen molar-refractivity contribution in [1.82, 2.24) is 5.43 Å². The Morgan fingerprint density at radius 2 is 1.78 bits per heavy atom. The maximum absolute atomic E-state index is 11.8. The van der Waals surface area contributed by atoms with Gasteiger partial charge in [-0.05, 0) is 47.9 Å². The van der Waals surface area contributed by atoms with Gasteiger partial charge in [0.15, 0.2) is 0 Å². The highest BCUT2D eigenvalue weighted by Gasteiger charge is 2.14. The van der Waals surface area contributed by atoms with Gasteiger partial charge in [-0.25, -0.2) is 5.43 Å². The van der Waals surface area contributed by atoms with Gasteiger partial charge in [-0.2, -0.15) is 5.10 Å². The zero-order valence-electron chi connectivity index (χ0n) is 12.6. The lowest BCUT2D eigenvalue weighted by Crippen LogP contribution is -2.32. The molecule has 0 saturated heterocycles. The average molecular weight is 311 g/mol. The standard InChI is InChI=1S/C17H17N3O3/c1-2-13-5-3-4-6-15(13)19-16(22)17(23)20-18-11-12-7-9-14(21)10-8-12/h3-11,21H,2H2,1H3,(H,19,22)(H,20,23)/b18-11+. The van der Waals surface area contributed by atoms with Crippen LogP contribution in [0.15, 0.2) is 53.6 Å². The van der Waals surface area contributed by atoms with Gasteiger partial charge in [0.2, 0.25) is 0 Å². The van der Waals surface area contributed by atoms with Crippen LogP contribution >= 0.6 is 0 Å². The second-order valence-corrected chi connectivity index (χ2v) is 4.76. The van der Waals surface area contributed by atoms with Crippen LogP contribution in [0.1, 0.15) is 18.1 Å². The fourth-order valence-corrected chi connectivity index (χ4v) is 1.91. The lowest BCUT2D eigenvalue weighted by Gasteiger charge is -2.08. The number of phenols is 1. The summed E-state index contributed by atoms with van der Waals surface area (Å²) in [5.74, 6) is -1.50. The molecule has 0 unspecified atom stereocenters. The van der Waals surface area contributed by atoms with Crippen LogP contribution in [0.5, 0.6) is 5.75 Å². The van der Waals surface area contributed by atoms with Crippen LogP contribution < -0.4 is 10.7 Å². The molecule has 0 spiro atoms. The number of aromatic hydroxyl groups is 1. The van der Waals surface area contributed by atoms with Crippen LogP contribution in [-0.4, -0.2) is 23.1 Å². The van der Waals surface area contributed by atoms with Crippen LogP contribution in [-0.2, 0) is 16.0 Å². The Bertz CT molecular complexity index is 724. The molecule has 3 N–H and O–H groups in total. The van der Waals surface area contributed by atoms with E-state index < -0.39 is 11.8 Å². The summed E-state index contributed by atoms with van der Waals surface area (Å²) in [7, 11) is 0. The van der Waals surface area contributed by atoms with Crippen molar-refractivity contribution in [3.63, 3.8) is 0 Å². The summed E-state index contributed by atoms with van der Waals surface area (Å²) in [5.41, 5.74) is 4.39. The highest BCUT2D eigenvalue weighted by molar-refractivity contribution is 6.39. The second kappa shape index (κ2) is 7.74. The molecule has 0 bridgehead atoms. The van der Waals surface area contributed by atoms with E-state index in [-0.39, 0.29) is 5.75 Å². The van der Waals surface area contributed by atoms with Crippen molar-refractivity contribution in [2.75, 3.05) is 5.32 Å². The van der Waals surface area contributed by atoms with Crippen LogP contribution in [0.25, 0.3) is 0 Å². The summed E-state index contributed by atoms with van der Waals surface area (Å²) in [6, 6.07) is 13.5. The Labute approximate surface area is 133 Å². The van der Waals surface area contributed by atoms with E-state index in [0.717, 1.165) is 12.0 Å². The smallest absolute Gasteiger partial charge is 0.329 e. The largest absolute Gasteiger partial charge is 0.508 e. The zero-order chi connectivity index (χ0) is 16.7. The average Bonchev–Trinajstić information content (AvgIpc) is 2.57. The van der Waals surface area contributed by atoms with E-state index in [1.807, 2.05) is 19.1 Å². The number of hydrogen-bond acceptors (Lipinski definition) is 4. The molecule has 0 saturated carbocycles. The van der Waals surface area contributed by atoms with Gasteiger partial charge >= 0.3 is 11.8 Å². The van der Waals surface area contributed by atoms with E-state index in [2.05, 4.69) is 15.8 Å². The minimum Gasteiger partial charge on any atom is -0.508 e. The van der Waals surface area contributed by atoms with Gasteiger partial charge < -0.3 is 10.4 Å². The molecule has 2 aromatic rings. The lowest BCUT2D eigenvalue weighted by molar-refractivity contribution is -0.136. The Kier molecular flexibility index (Phi) is 5.46. The van der Waals surface area contributed by atoms with E-state index in [0.29, 0.717) is 11.3 Å². The summed E-state index contributed by atoms with van der Waals surface area (Å²) in [5, 5.41) is 15.4. The molecular weight excluding hydrogens is 294 g/mol. The SMILES string of the molecule is CCc1ccccc1NC(=O)C(=O)N/N=C/c1ccc(O)cc1. The van der Waals surface area contributed by atoms with Crippen molar-refractivity contribution >= 4 is 23.7 Å². The number of rotatable bonds is 4. The first-order chi connectivity index (χ1) is 11.1. The molecule has 0 atom stereocenters. The molecular formula is C17H17N3O3. The molecule has 118 valence electrons. The number of phenolic OH excluding ortho intramolecular Hbond substituents is 1. The zero-order valence-corrected chi connectivity index (χ0v) is 12.6. The van der Waals surface area contributed by atoms with Crippen molar-refractivity contribution in [1.29, 1.82) is 0 Å². The molecule has 2 amide bonds. The molecule has 6 nitrogen and oxygen atoms in total.